The fourth-order valence-corrected chi connectivity index (χ4v) is 8.36. The van der Waals surface area contributed by atoms with Gasteiger partial charge in [-0.25, -0.2) is 4.98 Å². The van der Waals surface area contributed by atoms with Crippen LogP contribution in [0.5, 0.6) is 0 Å². The van der Waals surface area contributed by atoms with E-state index in [-0.39, 0.29) is 23.2 Å². The summed E-state index contributed by atoms with van der Waals surface area (Å²) in [5.41, 5.74) is 5.32. The molecule has 11 rings (SSSR count). The van der Waals surface area contributed by atoms with E-state index in [1.54, 1.807) is 4.40 Å². The highest BCUT2D eigenvalue weighted by Crippen LogP contribution is 2.45. The van der Waals surface area contributed by atoms with Gasteiger partial charge < -0.3 is 0 Å². The molecule has 3 aromatic heterocycles. The van der Waals surface area contributed by atoms with Gasteiger partial charge in [0.25, 0.3) is 11.1 Å². The van der Waals surface area contributed by atoms with E-state index in [0.29, 0.717) is 16.4 Å². The summed E-state index contributed by atoms with van der Waals surface area (Å²) < 4.78 is 3.64. The van der Waals surface area contributed by atoms with E-state index in [9.17, 15) is 9.59 Å². The average molecular weight is 567 g/mol. The molecule has 0 spiro atoms. The van der Waals surface area contributed by atoms with Crippen molar-refractivity contribution >= 4 is 81.3 Å². The number of aryl methyl sites for hydroxylation is 1. The van der Waals surface area contributed by atoms with Gasteiger partial charge in [-0.2, -0.15) is 0 Å². The Hall–Kier alpha value is -5.62. The number of fused-ring (bicyclic) bond motifs is 10. The van der Waals surface area contributed by atoms with Crippen LogP contribution in [-0.4, -0.2) is 20.0 Å². The third-order valence-electron chi connectivity index (χ3n) is 10.2. The molecule has 6 heteroatoms. The van der Waals surface area contributed by atoms with E-state index >= 15 is 0 Å². The van der Waals surface area contributed by atoms with Crippen molar-refractivity contribution < 1.29 is 0 Å². The molecule has 1 aliphatic heterocycles. The Bertz CT molecular complexity index is 3050. The Balaban J connectivity index is 1.34. The standard InChI is InChI=1S/C38H22N4O2/c1-17-3-13-29-27(15-17)39-35-23-9-5-19-20-6-10-24-34-26(38(44)42-30-14-4-18(2)16-28(30)40-36(24)42)12-8-22(32(20)34)21-7-11-25(33(23)31(19)21)37(43)41(29)35/h3-16,27,29H,1-2H3. The van der Waals surface area contributed by atoms with Crippen LogP contribution in [0.25, 0.3) is 81.3 Å². The minimum Gasteiger partial charge on any atom is -0.283 e. The predicted molar refractivity (Wildman–Crippen MR) is 178 cm³/mol. The Morgan fingerprint density at radius 3 is 1.98 bits per heavy atom. The normalized spacial score (nSPS) is 18.2. The fraction of sp³-hybridized carbons (Fsp3) is 0.105. The quantitative estimate of drug-likeness (QED) is 0.148. The Labute approximate surface area is 248 Å². The molecule has 2 aliphatic rings. The molecule has 44 heavy (non-hydrogen) atoms. The van der Waals surface area contributed by atoms with Crippen molar-refractivity contribution in [3.05, 3.63) is 122 Å². The van der Waals surface area contributed by atoms with E-state index in [1.807, 2.05) is 41.8 Å². The first-order valence-electron chi connectivity index (χ1n) is 15.0. The zero-order valence-corrected chi connectivity index (χ0v) is 23.8. The molecule has 4 heterocycles. The average Bonchev–Trinajstić information content (AvgIpc) is 3.60. The number of hydrogen-bond donors (Lipinski definition) is 0. The van der Waals surface area contributed by atoms with Gasteiger partial charge in [-0.15, -0.1) is 0 Å². The van der Waals surface area contributed by atoms with Gasteiger partial charge in [-0.3, -0.25) is 23.5 Å². The highest BCUT2D eigenvalue weighted by atomic mass is 16.1. The molecule has 0 radical (unpaired) electrons. The van der Waals surface area contributed by atoms with Gasteiger partial charge in [0.15, 0.2) is 0 Å². The summed E-state index contributed by atoms with van der Waals surface area (Å²) in [6, 6.07) is 22.6. The van der Waals surface area contributed by atoms with Crippen molar-refractivity contribution in [2.45, 2.75) is 25.9 Å². The van der Waals surface area contributed by atoms with Crippen molar-refractivity contribution in [3.63, 3.8) is 0 Å². The maximum absolute atomic E-state index is 14.1. The molecule has 6 aromatic carbocycles. The monoisotopic (exact) mass is 566 g/mol. The van der Waals surface area contributed by atoms with Gasteiger partial charge in [-0.05, 0) is 88.1 Å². The van der Waals surface area contributed by atoms with Crippen LogP contribution < -0.4 is 16.6 Å². The zero-order chi connectivity index (χ0) is 29.2. The topological polar surface area (TPSA) is 68.7 Å². The van der Waals surface area contributed by atoms with Crippen molar-refractivity contribution in [2.24, 2.45) is 4.99 Å². The maximum atomic E-state index is 14.1. The van der Waals surface area contributed by atoms with Gasteiger partial charge in [0, 0.05) is 32.3 Å². The van der Waals surface area contributed by atoms with Crippen LogP contribution in [0.2, 0.25) is 0 Å². The van der Waals surface area contributed by atoms with Crippen LogP contribution in [-0.2, 0) is 0 Å². The lowest BCUT2D eigenvalue weighted by Crippen LogP contribution is -2.34. The van der Waals surface area contributed by atoms with Gasteiger partial charge in [0.1, 0.15) is 11.1 Å². The smallest absolute Gasteiger partial charge is 0.264 e. The third kappa shape index (κ3) is 2.45. The molecule has 0 saturated heterocycles. The first kappa shape index (κ1) is 22.9. The largest absolute Gasteiger partial charge is 0.283 e. The van der Waals surface area contributed by atoms with Crippen LogP contribution in [0.4, 0.5) is 0 Å². The lowest BCUT2D eigenvalue weighted by atomic mass is 9.86. The van der Waals surface area contributed by atoms with Crippen LogP contribution in [0.1, 0.15) is 18.5 Å². The summed E-state index contributed by atoms with van der Waals surface area (Å²) in [7, 11) is 0. The lowest BCUT2D eigenvalue weighted by molar-refractivity contribution is 0.575. The maximum Gasteiger partial charge on any atom is 0.264 e. The second kappa shape index (κ2) is 7.29. The summed E-state index contributed by atoms with van der Waals surface area (Å²) in [5, 5.41) is 11.7. The highest BCUT2D eigenvalue weighted by Gasteiger charge is 2.31. The second-order valence-electron chi connectivity index (χ2n) is 12.6. The first-order valence-corrected chi connectivity index (χ1v) is 15.0. The van der Waals surface area contributed by atoms with Crippen molar-refractivity contribution in [3.8, 4) is 0 Å². The number of benzene rings is 6. The molecular formula is C38H22N4O2. The van der Waals surface area contributed by atoms with Crippen LogP contribution >= 0.6 is 0 Å². The summed E-state index contributed by atoms with van der Waals surface area (Å²) in [6.07, 6.45) is 6.34. The fourth-order valence-electron chi connectivity index (χ4n) is 8.36. The van der Waals surface area contributed by atoms with Crippen LogP contribution in [0.15, 0.2) is 105 Å². The van der Waals surface area contributed by atoms with E-state index in [0.717, 1.165) is 75.9 Å². The Morgan fingerprint density at radius 2 is 1.25 bits per heavy atom. The molecule has 2 unspecified atom stereocenters. The molecule has 6 nitrogen and oxygen atoms in total. The molecule has 0 fully saturated rings. The number of rotatable bonds is 0. The molecule has 0 amide bonds. The third-order valence-corrected chi connectivity index (χ3v) is 10.2. The molecule has 0 N–H and O–H groups in total. The first-order chi connectivity index (χ1) is 21.5. The summed E-state index contributed by atoms with van der Waals surface area (Å²) in [4.78, 5) is 38.3. The Kier molecular flexibility index (Phi) is 3.80. The molecular weight excluding hydrogens is 544 g/mol. The number of hydrogen-bond acceptors (Lipinski definition) is 4. The second-order valence-corrected chi connectivity index (χ2v) is 12.6. The number of pyridine rings is 2. The van der Waals surface area contributed by atoms with Crippen molar-refractivity contribution in [2.75, 3.05) is 0 Å². The van der Waals surface area contributed by atoms with Gasteiger partial charge >= 0.3 is 0 Å². The van der Waals surface area contributed by atoms with Crippen molar-refractivity contribution in [1.82, 2.24) is 14.0 Å². The lowest BCUT2D eigenvalue weighted by Gasteiger charge is -2.20. The number of aromatic nitrogens is 3. The summed E-state index contributed by atoms with van der Waals surface area (Å²) in [6.45, 7) is 4.12. The number of imidazole rings is 1. The van der Waals surface area contributed by atoms with E-state index in [1.165, 1.54) is 5.57 Å². The van der Waals surface area contributed by atoms with Gasteiger partial charge in [-0.1, -0.05) is 54.1 Å². The van der Waals surface area contributed by atoms with E-state index in [2.05, 4.69) is 61.5 Å². The van der Waals surface area contributed by atoms with E-state index < -0.39 is 0 Å². The zero-order valence-electron chi connectivity index (χ0n) is 23.8. The molecule has 2 atom stereocenters. The SMILES string of the molecule is CC1=CC2N=c3c4ccc5c6ccc7c8c(ccc(c9ccc(c(=O)n3C2C=C1)c4c95)c68)c(=O)n1c2ccc(C)cc2nc71. The summed E-state index contributed by atoms with van der Waals surface area (Å²) >= 11 is 0. The van der Waals surface area contributed by atoms with Crippen molar-refractivity contribution in [1.29, 1.82) is 0 Å². The molecule has 1 aliphatic carbocycles. The minimum atomic E-state index is -0.0980. The molecule has 0 bridgehead atoms. The number of nitrogens with zero attached hydrogens (tertiary/aromatic N) is 4. The molecule has 9 aromatic rings. The van der Waals surface area contributed by atoms with Crippen LogP contribution in [0, 0.1) is 6.92 Å². The predicted octanol–water partition coefficient (Wildman–Crippen LogP) is 6.89. The molecule has 206 valence electrons. The Morgan fingerprint density at radius 1 is 0.659 bits per heavy atom. The van der Waals surface area contributed by atoms with Crippen LogP contribution in [0.3, 0.4) is 0 Å². The number of allylic oxidation sites excluding steroid dienone is 2. The molecule has 0 saturated carbocycles. The summed E-state index contributed by atoms with van der Waals surface area (Å²) in [5.74, 6) is 0. The van der Waals surface area contributed by atoms with E-state index in [4.69, 9.17) is 9.98 Å². The minimum absolute atomic E-state index is 0.000771. The van der Waals surface area contributed by atoms with Gasteiger partial charge in [0.05, 0.1) is 23.1 Å². The highest BCUT2D eigenvalue weighted by molar-refractivity contribution is 6.40. The van der Waals surface area contributed by atoms with Gasteiger partial charge in [0.2, 0.25) is 0 Å².